The maximum Gasteiger partial charge on any atom is 0.226 e. The van der Waals surface area contributed by atoms with Crippen molar-refractivity contribution in [2.75, 3.05) is 7.05 Å². The molecule has 0 aliphatic carbocycles. The Balaban J connectivity index is 2.96. The molecule has 1 aromatic heterocycles. The predicted octanol–water partition coefficient (Wildman–Crippen LogP) is 0.0648. The van der Waals surface area contributed by atoms with Gasteiger partial charge < -0.3 is 14.8 Å². The number of hydrogen-bond donors (Lipinski definition) is 2. The molecule has 1 rings (SSSR count). The molecule has 11 heavy (non-hydrogen) atoms. The molecule has 0 aromatic carbocycles. The van der Waals surface area contributed by atoms with Gasteiger partial charge in [-0.3, -0.25) is 4.79 Å². The highest BCUT2D eigenvalue weighted by molar-refractivity contribution is 5.15. The van der Waals surface area contributed by atoms with Crippen LogP contribution in [0, 0.1) is 0 Å². The topological polar surface area (TPSA) is 62.5 Å². The van der Waals surface area contributed by atoms with Crippen molar-refractivity contribution >= 4 is 0 Å². The number of aromatic hydroxyl groups is 1. The maximum absolute atomic E-state index is 10.8. The summed E-state index contributed by atoms with van der Waals surface area (Å²) in [5.74, 6) is 0.153. The quantitative estimate of drug-likeness (QED) is 0.634. The first-order valence-corrected chi connectivity index (χ1v) is 3.19. The summed E-state index contributed by atoms with van der Waals surface area (Å²) in [6.45, 7) is 0.482. The molecule has 2 N–H and O–H groups in total. The van der Waals surface area contributed by atoms with Crippen LogP contribution >= 0.6 is 0 Å². The molecule has 0 fully saturated rings. The van der Waals surface area contributed by atoms with Crippen LogP contribution in [0.4, 0.5) is 0 Å². The van der Waals surface area contributed by atoms with Crippen molar-refractivity contribution in [1.29, 1.82) is 0 Å². The molecule has 0 aliphatic rings. The summed E-state index contributed by atoms with van der Waals surface area (Å²) in [6.07, 6.45) is 1.04. The molecule has 1 heterocycles. The summed E-state index contributed by atoms with van der Waals surface area (Å²) >= 11 is 0. The lowest BCUT2D eigenvalue weighted by molar-refractivity contribution is 0.409. The van der Waals surface area contributed by atoms with Gasteiger partial charge in [-0.2, -0.15) is 0 Å². The second-order valence-corrected chi connectivity index (χ2v) is 2.13. The van der Waals surface area contributed by atoms with E-state index in [4.69, 9.17) is 9.52 Å². The van der Waals surface area contributed by atoms with Crippen molar-refractivity contribution in [2.24, 2.45) is 0 Å². The number of rotatable bonds is 2. The smallest absolute Gasteiger partial charge is 0.226 e. The first-order valence-electron chi connectivity index (χ1n) is 3.19. The van der Waals surface area contributed by atoms with E-state index in [0.717, 1.165) is 6.26 Å². The molecule has 4 heteroatoms. The van der Waals surface area contributed by atoms with Gasteiger partial charge in [0.15, 0.2) is 5.75 Å². The van der Waals surface area contributed by atoms with Crippen molar-refractivity contribution in [3.63, 3.8) is 0 Å². The van der Waals surface area contributed by atoms with Gasteiger partial charge in [-0.25, -0.2) is 0 Å². The predicted molar refractivity (Wildman–Crippen MR) is 39.4 cm³/mol. The third kappa shape index (κ3) is 1.81. The Bertz CT molecular complexity index is 292. The second-order valence-electron chi connectivity index (χ2n) is 2.13. The average Bonchev–Trinajstić information content (AvgIpc) is 1.98. The summed E-state index contributed by atoms with van der Waals surface area (Å²) in [6, 6.07) is 1.26. The molecular formula is C7H9NO3. The highest BCUT2D eigenvalue weighted by atomic mass is 16.4. The van der Waals surface area contributed by atoms with E-state index in [2.05, 4.69) is 5.32 Å². The Kier molecular flexibility index (Phi) is 2.28. The molecule has 0 atom stereocenters. The van der Waals surface area contributed by atoms with Crippen molar-refractivity contribution in [3.8, 4) is 5.75 Å². The van der Waals surface area contributed by atoms with Crippen LogP contribution in [0.1, 0.15) is 5.76 Å². The minimum absolute atomic E-state index is 0.357. The third-order valence-corrected chi connectivity index (χ3v) is 1.22. The van der Waals surface area contributed by atoms with Gasteiger partial charge in [-0.1, -0.05) is 0 Å². The van der Waals surface area contributed by atoms with Crippen molar-refractivity contribution in [3.05, 3.63) is 28.3 Å². The summed E-state index contributed by atoms with van der Waals surface area (Å²) < 4.78 is 4.87. The van der Waals surface area contributed by atoms with Crippen molar-refractivity contribution in [2.45, 2.75) is 6.54 Å². The Labute approximate surface area is 63.5 Å². The molecule has 0 aliphatic heterocycles. The molecule has 0 amide bonds. The summed E-state index contributed by atoms with van der Waals surface area (Å²) in [4.78, 5) is 10.8. The fourth-order valence-electron chi connectivity index (χ4n) is 0.711. The molecule has 0 saturated carbocycles. The Morgan fingerprint density at radius 3 is 3.00 bits per heavy atom. The highest BCUT2D eigenvalue weighted by Crippen LogP contribution is 2.02. The van der Waals surface area contributed by atoms with Gasteiger partial charge >= 0.3 is 0 Å². The summed E-state index contributed by atoms with van der Waals surface area (Å²) in [5, 5.41) is 11.6. The number of hydrogen-bond acceptors (Lipinski definition) is 4. The van der Waals surface area contributed by atoms with Crippen LogP contribution in [0.25, 0.3) is 0 Å². The van der Waals surface area contributed by atoms with Gasteiger partial charge in [0.25, 0.3) is 0 Å². The zero-order chi connectivity index (χ0) is 8.27. The molecule has 4 nitrogen and oxygen atoms in total. The van der Waals surface area contributed by atoms with Crippen LogP contribution < -0.4 is 10.7 Å². The van der Waals surface area contributed by atoms with Crippen molar-refractivity contribution < 1.29 is 9.52 Å². The van der Waals surface area contributed by atoms with E-state index in [1.165, 1.54) is 6.07 Å². The van der Waals surface area contributed by atoms with Crippen LogP contribution in [-0.2, 0) is 6.54 Å². The molecule has 0 bridgehead atoms. The first kappa shape index (κ1) is 7.81. The molecule has 0 unspecified atom stereocenters. The van der Waals surface area contributed by atoms with Crippen LogP contribution in [0.3, 0.4) is 0 Å². The number of nitrogens with one attached hydrogen (secondary N) is 1. The average molecular weight is 155 g/mol. The monoisotopic (exact) mass is 155 g/mol. The van der Waals surface area contributed by atoms with Gasteiger partial charge in [0.2, 0.25) is 5.43 Å². The molecule has 0 spiro atoms. The van der Waals surface area contributed by atoms with E-state index in [1.807, 2.05) is 0 Å². The van der Waals surface area contributed by atoms with E-state index in [1.54, 1.807) is 7.05 Å². The third-order valence-electron chi connectivity index (χ3n) is 1.22. The van der Waals surface area contributed by atoms with Gasteiger partial charge in [-0.05, 0) is 7.05 Å². The van der Waals surface area contributed by atoms with E-state index >= 15 is 0 Å². The Morgan fingerprint density at radius 1 is 1.73 bits per heavy atom. The lowest BCUT2D eigenvalue weighted by Gasteiger charge is -1.96. The summed E-state index contributed by atoms with van der Waals surface area (Å²) in [7, 11) is 1.74. The molecular weight excluding hydrogens is 146 g/mol. The molecule has 0 saturated heterocycles. The maximum atomic E-state index is 10.8. The fourth-order valence-corrected chi connectivity index (χ4v) is 0.711. The van der Waals surface area contributed by atoms with Crippen LogP contribution in [0.2, 0.25) is 0 Å². The minimum atomic E-state index is -0.415. The molecule has 60 valence electrons. The van der Waals surface area contributed by atoms with Crippen LogP contribution in [0.15, 0.2) is 21.5 Å². The normalized spacial score (nSPS) is 9.91. The lowest BCUT2D eigenvalue weighted by Crippen LogP contribution is -2.08. The van der Waals surface area contributed by atoms with Crippen molar-refractivity contribution in [1.82, 2.24) is 5.32 Å². The second kappa shape index (κ2) is 3.21. The molecule has 1 aromatic rings. The van der Waals surface area contributed by atoms with Crippen LogP contribution in [-0.4, -0.2) is 12.2 Å². The van der Waals surface area contributed by atoms with Gasteiger partial charge in [0.05, 0.1) is 6.54 Å². The Hall–Kier alpha value is -1.29. The van der Waals surface area contributed by atoms with E-state index in [-0.39, 0.29) is 5.75 Å². The fraction of sp³-hybridized carbons (Fsp3) is 0.286. The largest absolute Gasteiger partial charge is 0.502 e. The van der Waals surface area contributed by atoms with E-state index in [9.17, 15) is 4.79 Å². The van der Waals surface area contributed by atoms with E-state index in [0.29, 0.717) is 12.3 Å². The SMILES string of the molecule is CNCc1cc(=O)c(O)co1. The zero-order valence-electron chi connectivity index (χ0n) is 6.13. The summed E-state index contributed by atoms with van der Waals surface area (Å²) in [5.41, 5.74) is -0.415. The highest BCUT2D eigenvalue weighted by Gasteiger charge is 1.98. The van der Waals surface area contributed by atoms with E-state index < -0.39 is 5.43 Å². The van der Waals surface area contributed by atoms with Crippen LogP contribution in [0.5, 0.6) is 5.75 Å². The first-order chi connectivity index (χ1) is 5.24. The van der Waals surface area contributed by atoms with Gasteiger partial charge in [0, 0.05) is 6.07 Å². The zero-order valence-corrected chi connectivity index (χ0v) is 6.13. The molecule has 0 radical (unpaired) electrons. The van der Waals surface area contributed by atoms with Gasteiger partial charge in [-0.15, -0.1) is 0 Å². The minimum Gasteiger partial charge on any atom is -0.502 e. The standard InChI is InChI=1S/C7H9NO3/c1-8-3-5-2-6(9)7(10)4-11-5/h2,4,8,10H,3H2,1H3. The Morgan fingerprint density at radius 2 is 2.45 bits per heavy atom. The lowest BCUT2D eigenvalue weighted by atomic mass is 10.4. The van der Waals surface area contributed by atoms with Gasteiger partial charge in [0.1, 0.15) is 12.0 Å².